The van der Waals surface area contributed by atoms with Crippen molar-refractivity contribution in [2.24, 2.45) is 30.7 Å². The molecule has 0 spiro atoms. The van der Waals surface area contributed by atoms with Crippen LogP contribution < -0.4 is 5.56 Å². The third-order valence-electron chi connectivity index (χ3n) is 7.68. The number of nitrogens with zero attached hydrogens (tertiary/aromatic N) is 8. The number of rotatable bonds is 12. The number of aromatic hydroxyl groups is 2. The number of fused-ring (bicyclic) bond motifs is 1. The number of nitro benzene ring substituents is 1. The van der Waals surface area contributed by atoms with Crippen LogP contribution in [0.15, 0.2) is 104 Å². The Hall–Kier alpha value is -6.62. The van der Waals surface area contributed by atoms with Gasteiger partial charge in [0, 0.05) is 12.1 Å². The summed E-state index contributed by atoms with van der Waals surface area (Å²) in [5, 5.41) is 54.6. The van der Waals surface area contributed by atoms with E-state index >= 15 is 0 Å². The molecule has 1 heterocycles. The second-order valence-electron chi connectivity index (χ2n) is 11.9. The highest BCUT2D eigenvalue weighted by molar-refractivity contribution is 7.86. The molecule has 0 saturated heterocycles. The van der Waals surface area contributed by atoms with Gasteiger partial charge in [-0.1, -0.05) is 0 Å². The highest BCUT2D eigenvalue weighted by Gasteiger charge is 2.31. The standard InChI is InChI=1S/C28H20F3N9O17S4/c1-11-22(27(43)39(38-11)10-28(29,30)31)35-32-13-2-4-15(17(8-13)58(46,47)48)33-36-23-19(60(52,53)54)6-12-7-20(61(55,56)57)24(26(42)21(12)25(23)41)37-34-16-5-3-14(40(44)45)9-18(16)59(49,50)51/h2-9,38,41-42H,10H2,1H3,(H,46,47,48)(H,49,50,51)(H,52,53,54)(H,55,56,57). The first-order chi connectivity index (χ1) is 27.9. The maximum atomic E-state index is 12.8. The first kappa shape index (κ1) is 45.5. The Bertz CT molecular complexity index is 3310. The molecule has 0 bridgehead atoms. The molecule has 33 heteroatoms. The summed E-state index contributed by atoms with van der Waals surface area (Å²) in [5.74, 6) is -3.01. The second-order valence-corrected chi connectivity index (χ2v) is 17.5. The van der Waals surface area contributed by atoms with Crippen molar-refractivity contribution in [3.05, 3.63) is 74.7 Å². The number of hydrogen-bond donors (Lipinski definition) is 7. The lowest BCUT2D eigenvalue weighted by molar-refractivity contribution is -0.385. The van der Waals surface area contributed by atoms with E-state index in [4.69, 9.17) is 0 Å². The predicted molar refractivity (Wildman–Crippen MR) is 194 cm³/mol. The molecule has 5 aromatic rings. The number of non-ortho nitro benzene ring substituents is 1. The van der Waals surface area contributed by atoms with Gasteiger partial charge in [-0.3, -0.25) is 38.2 Å². The summed E-state index contributed by atoms with van der Waals surface area (Å²) in [4.78, 5) is 17.2. The molecule has 0 aliphatic rings. The second kappa shape index (κ2) is 15.8. The number of azo groups is 3. The molecule has 0 aliphatic heterocycles. The van der Waals surface area contributed by atoms with Crippen molar-refractivity contribution < 1.29 is 80.2 Å². The molecule has 26 nitrogen and oxygen atoms in total. The normalized spacial score (nSPS) is 13.3. The zero-order chi connectivity index (χ0) is 45.8. The summed E-state index contributed by atoms with van der Waals surface area (Å²) in [6.45, 7) is -0.552. The van der Waals surface area contributed by atoms with Gasteiger partial charge in [-0.15, -0.1) is 25.6 Å². The first-order valence-corrected chi connectivity index (χ1v) is 21.1. The molecule has 0 atom stereocenters. The summed E-state index contributed by atoms with van der Waals surface area (Å²) < 4.78 is 176. The van der Waals surface area contributed by atoms with E-state index < -0.39 is 145 Å². The van der Waals surface area contributed by atoms with Crippen LogP contribution in [0, 0.1) is 17.0 Å². The number of phenolic OH excluding ortho intramolecular Hbond substituents is 2. The van der Waals surface area contributed by atoms with Crippen LogP contribution in [0.5, 0.6) is 11.5 Å². The van der Waals surface area contributed by atoms with Crippen LogP contribution in [0.2, 0.25) is 0 Å². The summed E-state index contributed by atoms with van der Waals surface area (Å²) in [6.07, 6.45) is -4.81. The Kier molecular flexibility index (Phi) is 11.8. The number of nitro groups is 1. The fourth-order valence-electron chi connectivity index (χ4n) is 5.13. The molecule has 4 aromatic carbocycles. The Labute approximate surface area is 336 Å². The van der Waals surface area contributed by atoms with Gasteiger partial charge in [0.2, 0.25) is 0 Å². The average molecular weight is 940 g/mol. The van der Waals surface area contributed by atoms with Crippen molar-refractivity contribution in [1.29, 1.82) is 0 Å². The molecule has 0 amide bonds. The molecule has 5 rings (SSSR count). The van der Waals surface area contributed by atoms with Gasteiger partial charge in [-0.25, -0.2) is 4.68 Å². The van der Waals surface area contributed by atoms with Gasteiger partial charge in [0.05, 0.1) is 21.7 Å². The smallest absolute Gasteiger partial charge is 0.408 e. The average Bonchev–Trinajstić information content (AvgIpc) is 3.37. The van der Waals surface area contributed by atoms with Crippen LogP contribution in [0.25, 0.3) is 10.8 Å². The third-order valence-corrected chi connectivity index (χ3v) is 11.2. The molecule has 0 fully saturated rings. The number of alkyl halides is 3. The van der Waals surface area contributed by atoms with E-state index in [1.807, 2.05) is 0 Å². The van der Waals surface area contributed by atoms with E-state index in [9.17, 15) is 90.2 Å². The molecule has 0 aliphatic carbocycles. The molecule has 0 unspecified atom stereocenters. The summed E-state index contributed by atoms with van der Waals surface area (Å²) >= 11 is 0. The lowest BCUT2D eigenvalue weighted by Gasteiger charge is -2.13. The monoisotopic (exact) mass is 939 g/mol. The first-order valence-electron chi connectivity index (χ1n) is 15.4. The number of halogens is 3. The van der Waals surface area contributed by atoms with Crippen molar-refractivity contribution >= 4 is 91.1 Å². The zero-order valence-corrected chi connectivity index (χ0v) is 32.6. The van der Waals surface area contributed by atoms with Crippen molar-refractivity contribution in [1.82, 2.24) is 9.78 Å². The molecular formula is C28H20F3N9O17S4. The fourth-order valence-corrected chi connectivity index (χ4v) is 7.73. The number of benzene rings is 4. The molecule has 1 aromatic heterocycles. The van der Waals surface area contributed by atoms with Crippen LogP contribution in [-0.4, -0.2) is 83.0 Å². The highest BCUT2D eigenvalue weighted by atomic mass is 32.2. The topological polar surface area (TPSA) is 413 Å². The van der Waals surface area contributed by atoms with Gasteiger partial charge in [0.15, 0.2) is 17.2 Å². The zero-order valence-electron chi connectivity index (χ0n) is 29.3. The largest absolute Gasteiger partial charge is 0.505 e. The van der Waals surface area contributed by atoms with Crippen LogP contribution in [0.3, 0.4) is 0 Å². The SMILES string of the molecule is Cc1[nH]n(CC(F)(F)F)c(=O)c1N=Nc1ccc(N=Nc2c(S(=O)(=O)O)cc3cc(S(=O)(=O)O)c(N=Nc4ccc([N+](=O)[O-])cc4S(=O)(=O)O)c(O)c3c2O)c(S(=O)(=O)O)c1. The number of aromatic amines is 1. The van der Waals surface area contributed by atoms with E-state index in [2.05, 4.69) is 35.8 Å². The number of aromatic nitrogens is 2. The molecule has 0 radical (unpaired) electrons. The van der Waals surface area contributed by atoms with Gasteiger partial charge in [-0.05, 0) is 48.7 Å². The van der Waals surface area contributed by atoms with Crippen molar-refractivity contribution in [2.75, 3.05) is 0 Å². The van der Waals surface area contributed by atoms with Crippen LogP contribution >= 0.6 is 0 Å². The van der Waals surface area contributed by atoms with Gasteiger partial charge in [-0.2, -0.15) is 52.0 Å². The van der Waals surface area contributed by atoms with E-state index in [1.165, 1.54) is 6.92 Å². The van der Waals surface area contributed by atoms with Gasteiger partial charge >= 0.3 is 6.18 Å². The number of nitrogens with one attached hydrogen (secondary N) is 1. The maximum Gasteiger partial charge on any atom is 0.408 e. The van der Waals surface area contributed by atoms with Crippen molar-refractivity contribution in [3.63, 3.8) is 0 Å². The van der Waals surface area contributed by atoms with E-state index in [0.717, 1.165) is 12.1 Å². The highest BCUT2D eigenvalue weighted by Crippen LogP contribution is 2.50. The minimum absolute atomic E-state index is 0.169. The minimum atomic E-state index is -5.56. The fraction of sp³-hybridized carbons (Fsp3) is 0.107. The Morgan fingerprint density at radius 3 is 1.56 bits per heavy atom. The third kappa shape index (κ3) is 9.89. The Morgan fingerprint density at radius 1 is 0.672 bits per heavy atom. The number of hydrogen-bond acceptors (Lipinski definition) is 19. The Morgan fingerprint density at radius 2 is 1.11 bits per heavy atom. The van der Waals surface area contributed by atoms with Gasteiger partial charge < -0.3 is 10.2 Å². The Balaban J connectivity index is 1.69. The van der Waals surface area contributed by atoms with Crippen molar-refractivity contribution in [2.45, 2.75) is 39.2 Å². The van der Waals surface area contributed by atoms with Gasteiger partial charge in [0.1, 0.15) is 48.9 Å². The molecular weight excluding hydrogens is 920 g/mol. The molecule has 7 N–H and O–H groups in total. The summed E-state index contributed by atoms with van der Waals surface area (Å²) in [7, 11) is -21.8. The predicted octanol–water partition coefficient (Wildman–Crippen LogP) is 5.75. The van der Waals surface area contributed by atoms with E-state index in [0.29, 0.717) is 36.4 Å². The maximum absolute atomic E-state index is 12.8. The number of H-pyrrole nitrogens is 1. The number of phenols is 2. The molecule has 61 heavy (non-hydrogen) atoms. The lowest BCUT2D eigenvalue weighted by Crippen LogP contribution is -2.26. The van der Waals surface area contributed by atoms with Crippen LogP contribution in [-0.2, 0) is 47.0 Å². The van der Waals surface area contributed by atoms with Crippen molar-refractivity contribution in [3.8, 4) is 11.5 Å². The molecule has 0 saturated carbocycles. The van der Waals surface area contributed by atoms with Crippen LogP contribution in [0.4, 0.5) is 53.0 Å². The number of aryl methyl sites for hydroxylation is 1. The molecule has 324 valence electrons. The quantitative estimate of drug-likeness (QED) is 0.0338. The summed E-state index contributed by atoms with van der Waals surface area (Å²) in [6, 6.07) is 4.50. The van der Waals surface area contributed by atoms with Gasteiger partial charge in [0.25, 0.3) is 51.7 Å². The summed E-state index contributed by atoms with van der Waals surface area (Å²) in [5.41, 5.74) is -7.91. The van der Waals surface area contributed by atoms with Crippen LogP contribution in [0.1, 0.15) is 5.69 Å². The lowest BCUT2D eigenvalue weighted by atomic mass is 10.1. The minimum Gasteiger partial charge on any atom is -0.505 e. The van der Waals surface area contributed by atoms with E-state index in [1.54, 1.807) is 0 Å². The van der Waals surface area contributed by atoms with E-state index in [-0.39, 0.29) is 10.4 Å².